The zero-order valence-electron chi connectivity index (χ0n) is 30.6. The molecule has 2 amide bonds. The first kappa shape index (κ1) is 36.4. The quantitative estimate of drug-likeness (QED) is 0.177. The number of hydrogen-bond donors (Lipinski definition) is 1. The fraction of sp³-hybridized carbons (Fsp3) is 0.475. The predicted octanol–water partition coefficient (Wildman–Crippen LogP) is 7.58. The Kier molecular flexibility index (Phi) is 9.71. The Morgan fingerprint density at radius 3 is 2.21 bits per heavy atom. The molecule has 1 aromatic heterocycles. The van der Waals surface area contributed by atoms with Gasteiger partial charge in [-0.25, -0.2) is 13.6 Å². The summed E-state index contributed by atoms with van der Waals surface area (Å²) in [7, 11) is 1.52. The molecule has 13 heteroatoms. The third kappa shape index (κ3) is 7.48. The van der Waals surface area contributed by atoms with Crippen LogP contribution < -0.4 is 19.7 Å². The highest BCUT2D eigenvalue weighted by Gasteiger charge is 2.50. The van der Waals surface area contributed by atoms with Gasteiger partial charge in [0.1, 0.15) is 18.0 Å². The molecule has 0 radical (unpaired) electrons. The molecule has 53 heavy (non-hydrogen) atoms. The van der Waals surface area contributed by atoms with E-state index in [-0.39, 0.29) is 30.2 Å². The van der Waals surface area contributed by atoms with Gasteiger partial charge in [-0.05, 0) is 107 Å². The number of halogens is 3. The zero-order chi connectivity index (χ0) is 37.5. The van der Waals surface area contributed by atoms with Crippen molar-refractivity contribution in [2.45, 2.75) is 77.0 Å². The summed E-state index contributed by atoms with van der Waals surface area (Å²) < 4.78 is 63.0. The molecule has 0 unspecified atom stereocenters. The van der Waals surface area contributed by atoms with Gasteiger partial charge < -0.3 is 29.3 Å². The Hall–Kier alpha value is -4.94. The number of piperazine rings is 1. The molecular formula is C40H46F3N5O5. The first-order valence-electron chi connectivity index (χ1n) is 18.2. The van der Waals surface area contributed by atoms with E-state index in [1.165, 1.54) is 7.11 Å². The van der Waals surface area contributed by atoms with Crippen LogP contribution in [0.15, 0.2) is 54.7 Å². The van der Waals surface area contributed by atoms with Crippen LogP contribution in [0.4, 0.5) is 23.7 Å². The van der Waals surface area contributed by atoms with Crippen molar-refractivity contribution in [3.8, 4) is 11.5 Å². The normalized spacial score (nSPS) is 21.5. The molecule has 3 aromatic carbocycles. The summed E-state index contributed by atoms with van der Waals surface area (Å²) in [5.74, 6) is -5.26. The van der Waals surface area contributed by atoms with Gasteiger partial charge in [-0.3, -0.25) is 9.48 Å². The number of carbonyl (C=O) groups is 2. The Morgan fingerprint density at radius 2 is 1.57 bits per heavy atom. The van der Waals surface area contributed by atoms with Crippen LogP contribution in [0.25, 0.3) is 10.9 Å². The first-order chi connectivity index (χ1) is 25.3. The highest BCUT2D eigenvalue weighted by atomic mass is 19.2. The molecule has 3 aliphatic carbocycles. The van der Waals surface area contributed by atoms with Crippen molar-refractivity contribution in [2.24, 2.45) is 5.41 Å². The molecule has 1 aliphatic heterocycles. The third-order valence-electron chi connectivity index (χ3n) is 11.2. The van der Waals surface area contributed by atoms with Crippen LogP contribution in [0.1, 0.15) is 75.2 Å². The smallest absolute Gasteiger partial charge is 0.410 e. The van der Waals surface area contributed by atoms with E-state index in [9.17, 15) is 18.4 Å². The molecule has 282 valence electrons. The van der Waals surface area contributed by atoms with Gasteiger partial charge >= 0.3 is 6.09 Å². The lowest BCUT2D eigenvalue weighted by atomic mass is 9.57. The average Bonchev–Trinajstić information content (AvgIpc) is 3.60. The van der Waals surface area contributed by atoms with Gasteiger partial charge in [0.2, 0.25) is 5.82 Å². The van der Waals surface area contributed by atoms with E-state index in [4.69, 9.17) is 19.3 Å². The van der Waals surface area contributed by atoms with Gasteiger partial charge in [0.15, 0.2) is 17.4 Å². The van der Waals surface area contributed by atoms with Crippen LogP contribution in [0.3, 0.4) is 0 Å². The van der Waals surface area contributed by atoms with Gasteiger partial charge in [0.05, 0.1) is 23.7 Å². The number of nitrogens with zero attached hydrogens (tertiary/aromatic N) is 4. The van der Waals surface area contributed by atoms with Crippen LogP contribution >= 0.6 is 0 Å². The monoisotopic (exact) mass is 733 g/mol. The maximum absolute atomic E-state index is 15.1. The molecule has 4 aliphatic rings. The van der Waals surface area contributed by atoms with E-state index in [0.717, 1.165) is 55.1 Å². The van der Waals surface area contributed by atoms with E-state index in [2.05, 4.69) is 39.3 Å². The molecule has 3 saturated carbocycles. The molecule has 8 rings (SSSR count). The minimum atomic E-state index is -1.54. The van der Waals surface area contributed by atoms with Crippen molar-refractivity contribution < 1.29 is 37.0 Å². The van der Waals surface area contributed by atoms with Crippen LogP contribution in [-0.4, -0.2) is 72.1 Å². The number of methoxy groups -OCH3 is 1. The van der Waals surface area contributed by atoms with Crippen LogP contribution in [0.2, 0.25) is 0 Å². The second kappa shape index (κ2) is 14.1. The number of ether oxygens (including phenoxy) is 3. The number of carbonyl (C=O) groups excluding carboxylic acids is 2. The summed E-state index contributed by atoms with van der Waals surface area (Å²) in [5, 5.41) is 8.89. The number of hydrogen-bond acceptors (Lipinski definition) is 7. The summed E-state index contributed by atoms with van der Waals surface area (Å²) in [6.45, 7) is 8.28. The van der Waals surface area contributed by atoms with E-state index in [1.54, 1.807) is 29.2 Å². The second-order valence-electron chi connectivity index (χ2n) is 15.7. The number of rotatable bonds is 9. The van der Waals surface area contributed by atoms with Crippen LogP contribution in [0, 0.1) is 22.9 Å². The van der Waals surface area contributed by atoms with Crippen molar-refractivity contribution in [1.82, 2.24) is 20.0 Å². The fourth-order valence-electron chi connectivity index (χ4n) is 7.89. The van der Waals surface area contributed by atoms with Crippen molar-refractivity contribution in [3.05, 3.63) is 83.3 Å². The number of benzene rings is 3. The molecule has 4 aromatic rings. The number of nitrogens with one attached hydrogen (secondary N) is 1. The SMILES string of the molecule is COc1ccc(COc2c(F)cc(C(=O)NC[C@]34CC[C@](n5cc6ccc(N7CCN(C(=O)OC(C)(C)C)CC7)cc6n5)(CC3)CC4)c(F)c2F)cc1. The lowest BCUT2D eigenvalue weighted by molar-refractivity contribution is -0.00564. The van der Waals surface area contributed by atoms with Crippen LogP contribution in [-0.2, 0) is 16.9 Å². The summed E-state index contributed by atoms with van der Waals surface area (Å²) in [5.41, 5.74) is 1.05. The molecule has 0 atom stereocenters. The standard InChI is InChI=1S/C40H46F3N5O5/c1-38(2,3)53-37(50)47-19-17-46(18-20-47)28-8-7-27-23-48(45-32(27)21-28)40-14-11-39(12-15-40,13-16-40)25-44-36(49)30-22-31(41)35(34(43)33(30)42)52-24-26-5-9-29(51-4)10-6-26/h5-10,21-23H,11-20,24-25H2,1-4H3,(H,44,49)/t39-,40+. The third-order valence-corrected chi connectivity index (χ3v) is 11.2. The summed E-state index contributed by atoms with van der Waals surface area (Å²) in [4.78, 5) is 29.6. The average molecular weight is 734 g/mol. The van der Waals surface area contributed by atoms with Crippen molar-refractivity contribution in [3.63, 3.8) is 0 Å². The lowest BCUT2D eigenvalue weighted by Crippen LogP contribution is -2.51. The predicted molar refractivity (Wildman–Crippen MR) is 194 cm³/mol. The number of anilines is 1. The molecule has 1 N–H and O–H groups in total. The first-order valence-corrected chi connectivity index (χ1v) is 18.2. The molecule has 2 heterocycles. The van der Waals surface area contributed by atoms with Gasteiger partial charge in [-0.1, -0.05) is 12.1 Å². The van der Waals surface area contributed by atoms with Crippen molar-refractivity contribution >= 4 is 28.6 Å². The largest absolute Gasteiger partial charge is 0.497 e. The summed E-state index contributed by atoms with van der Waals surface area (Å²) in [6, 6.07) is 13.7. The molecule has 0 spiro atoms. The van der Waals surface area contributed by atoms with Gasteiger partial charge in [0.25, 0.3) is 5.91 Å². The van der Waals surface area contributed by atoms with Gasteiger partial charge in [-0.2, -0.15) is 9.49 Å². The Morgan fingerprint density at radius 1 is 0.887 bits per heavy atom. The molecule has 1 saturated heterocycles. The number of aromatic nitrogens is 2. The minimum Gasteiger partial charge on any atom is -0.497 e. The van der Waals surface area contributed by atoms with Gasteiger partial charge in [0, 0.05) is 50.0 Å². The fourth-order valence-corrected chi connectivity index (χ4v) is 7.89. The molecule has 4 fully saturated rings. The highest BCUT2D eigenvalue weighted by molar-refractivity contribution is 5.94. The Labute approximate surface area is 307 Å². The van der Waals surface area contributed by atoms with Gasteiger partial charge in [-0.15, -0.1) is 0 Å². The lowest BCUT2D eigenvalue weighted by Gasteiger charge is -2.53. The minimum absolute atomic E-state index is 0.135. The van der Waals surface area contributed by atoms with Crippen LogP contribution in [0.5, 0.6) is 11.5 Å². The van der Waals surface area contributed by atoms with Crippen molar-refractivity contribution in [1.29, 1.82) is 0 Å². The van der Waals surface area contributed by atoms with E-state index in [1.807, 2.05) is 20.8 Å². The molecular weight excluding hydrogens is 687 g/mol. The zero-order valence-corrected chi connectivity index (χ0v) is 30.6. The van der Waals surface area contributed by atoms with E-state index in [0.29, 0.717) is 43.6 Å². The highest BCUT2D eigenvalue weighted by Crippen LogP contribution is 2.55. The number of amides is 2. The summed E-state index contributed by atoms with van der Waals surface area (Å²) in [6.07, 6.45) is 6.95. The van der Waals surface area contributed by atoms with E-state index < -0.39 is 40.3 Å². The second-order valence-corrected chi connectivity index (χ2v) is 15.7. The maximum Gasteiger partial charge on any atom is 0.410 e. The molecule has 2 bridgehead atoms. The topological polar surface area (TPSA) is 98.2 Å². The van der Waals surface area contributed by atoms with Crippen molar-refractivity contribution in [2.75, 3.05) is 44.7 Å². The number of fused-ring (bicyclic) bond motifs is 4. The summed E-state index contributed by atoms with van der Waals surface area (Å²) >= 11 is 0. The maximum atomic E-state index is 15.1. The van der Waals surface area contributed by atoms with E-state index >= 15 is 4.39 Å². The Bertz CT molecular complexity index is 1980. The molecule has 10 nitrogen and oxygen atoms in total. The Balaban J connectivity index is 0.946.